The fraction of sp³-hybridized carbons (Fsp3) is 0.406. The second kappa shape index (κ2) is 11.0. The lowest BCUT2D eigenvalue weighted by atomic mass is 9.98. The Kier molecular flexibility index (Phi) is 7.55. The number of benzene rings is 2. The molecular formula is C32H36N2O7. The van der Waals surface area contributed by atoms with E-state index < -0.39 is 29.8 Å². The zero-order chi connectivity index (χ0) is 29.5. The number of rotatable bonds is 6. The average molecular weight is 561 g/mol. The Morgan fingerprint density at radius 1 is 1.05 bits per heavy atom. The summed E-state index contributed by atoms with van der Waals surface area (Å²) in [6.45, 7) is 9.43. The molecule has 1 N–H and O–H groups in total. The number of fused-ring (bicyclic) bond motifs is 3. The van der Waals surface area contributed by atoms with Crippen molar-refractivity contribution >= 4 is 18.2 Å². The highest BCUT2D eigenvalue weighted by atomic mass is 16.6. The van der Waals surface area contributed by atoms with Crippen LogP contribution in [0.3, 0.4) is 0 Å². The molecular weight excluding hydrogens is 524 g/mol. The molecule has 0 unspecified atom stereocenters. The topological polar surface area (TPSA) is 110 Å². The summed E-state index contributed by atoms with van der Waals surface area (Å²) in [5.41, 5.74) is 3.86. The van der Waals surface area contributed by atoms with E-state index in [9.17, 15) is 19.5 Å². The van der Waals surface area contributed by atoms with Gasteiger partial charge in [-0.2, -0.15) is 0 Å². The van der Waals surface area contributed by atoms with Crippen molar-refractivity contribution in [1.82, 2.24) is 9.80 Å². The molecule has 2 heterocycles. The maximum atomic E-state index is 13.8. The van der Waals surface area contributed by atoms with Gasteiger partial charge in [0.15, 0.2) is 0 Å². The number of carboxylic acid groups (broad SMARTS) is 1. The van der Waals surface area contributed by atoms with Crippen LogP contribution in [-0.4, -0.2) is 63.9 Å². The fourth-order valence-corrected chi connectivity index (χ4v) is 5.91. The summed E-state index contributed by atoms with van der Waals surface area (Å²) < 4.78 is 17.3. The largest absolute Gasteiger partial charge is 0.478 e. The van der Waals surface area contributed by atoms with Gasteiger partial charge < -0.3 is 23.9 Å². The summed E-state index contributed by atoms with van der Waals surface area (Å²) in [4.78, 5) is 41.5. The number of amides is 2. The minimum Gasteiger partial charge on any atom is -0.478 e. The summed E-state index contributed by atoms with van der Waals surface area (Å²) in [6, 6.07) is 16.9. The summed E-state index contributed by atoms with van der Waals surface area (Å²) in [5.74, 6) is -0.626. The first-order chi connectivity index (χ1) is 19.4. The van der Waals surface area contributed by atoms with Crippen LogP contribution in [-0.2, 0) is 16.0 Å². The smallest absolute Gasteiger partial charge is 0.410 e. The van der Waals surface area contributed by atoms with Crippen molar-refractivity contribution in [2.45, 2.75) is 71.2 Å². The molecule has 0 bridgehead atoms. The molecule has 216 valence electrons. The third kappa shape index (κ3) is 5.66. The maximum Gasteiger partial charge on any atom is 0.410 e. The second-order valence-electron chi connectivity index (χ2n) is 11.7. The van der Waals surface area contributed by atoms with Gasteiger partial charge in [0.05, 0.1) is 18.6 Å². The summed E-state index contributed by atoms with van der Waals surface area (Å²) in [5, 5.41) is 9.51. The fourth-order valence-electron chi connectivity index (χ4n) is 5.91. The predicted molar refractivity (Wildman–Crippen MR) is 152 cm³/mol. The predicted octanol–water partition coefficient (Wildman–Crippen LogP) is 6.44. The van der Waals surface area contributed by atoms with E-state index in [0.717, 1.165) is 22.3 Å². The van der Waals surface area contributed by atoms with Crippen LogP contribution < -0.4 is 0 Å². The molecule has 1 aromatic heterocycles. The Labute approximate surface area is 239 Å². The van der Waals surface area contributed by atoms with Crippen LogP contribution in [0.1, 0.15) is 73.0 Å². The molecule has 9 heteroatoms. The van der Waals surface area contributed by atoms with Crippen LogP contribution in [0.5, 0.6) is 0 Å². The van der Waals surface area contributed by atoms with E-state index in [4.69, 9.17) is 13.9 Å². The van der Waals surface area contributed by atoms with E-state index >= 15 is 0 Å². The van der Waals surface area contributed by atoms with Crippen LogP contribution >= 0.6 is 0 Å². The van der Waals surface area contributed by atoms with Crippen molar-refractivity contribution in [3.63, 3.8) is 0 Å². The van der Waals surface area contributed by atoms with Crippen LogP contribution in [0.15, 0.2) is 59.0 Å². The zero-order valence-corrected chi connectivity index (χ0v) is 24.0. The van der Waals surface area contributed by atoms with Gasteiger partial charge in [0.1, 0.15) is 29.3 Å². The number of carboxylic acids is 1. The van der Waals surface area contributed by atoms with Gasteiger partial charge in [-0.25, -0.2) is 14.4 Å². The van der Waals surface area contributed by atoms with Gasteiger partial charge in [-0.15, -0.1) is 0 Å². The van der Waals surface area contributed by atoms with Crippen LogP contribution in [0.4, 0.5) is 9.59 Å². The number of nitrogens with zero attached hydrogens (tertiary/aromatic N) is 2. The second-order valence-corrected chi connectivity index (χ2v) is 11.7. The molecule has 1 aliphatic heterocycles. The van der Waals surface area contributed by atoms with Crippen molar-refractivity contribution in [1.29, 1.82) is 0 Å². The number of aryl methyl sites for hydroxylation is 1. The van der Waals surface area contributed by atoms with Gasteiger partial charge in [-0.3, -0.25) is 4.90 Å². The Hall–Kier alpha value is -4.27. The lowest BCUT2D eigenvalue weighted by molar-refractivity contribution is 0.0185. The molecule has 1 aliphatic carbocycles. The van der Waals surface area contributed by atoms with Crippen molar-refractivity contribution in [2.24, 2.45) is 0 Å². The number of hydrogen-bond acceptors (Lipinski definition) is 6. The van der Waals surface area contributed by atoms with Gasteiger partial charge in [0, 0.05) is 12.5 Å². The molecule has 0 radical (unpaired) electrons. The van der Waals surface area contributed by atoms with Crippen molar-refractivity contribution in [2.75, 3.05) is 13.2 Å². The Morgan fingerprint density at radius 2 is 1.66 bits per heavy atom. The molecule has 1 saturated heterocycles. The summed E-state index contributed by atoms with van der Waals surface area (Å²) >= 11 is 0. The SMILES string of the molecule is Cc1oc(CN(C(=O)OCC2c3ccccc3-c3ccccc32)[C@H]2CCN(C(=O)OC(C)(C)C)[C@@H]2C)cc1C(=O)O. The molecule has 2 aromatic carbocycles. The van der Waals surface area contributed by atoms with Gasteiger partial charge >= 0.3 is 18.2 Å². The molecule has 3 aromatic rings. The highest BCUT2D eigenvalue weighted by molar-refractivity contribution is 5.88. The van der Waals surface area contributed by atoms with Gasteiger partial charge in [0.25, 0.3) is 0 Å². The normalized spacial score (nSPS) is 18.1. The molecule has 2 aliphatic rings. The van der Waals surface area contributed by atoms with Crippen LogP contribution in [0, 0.1) is 6.92 Å². The van der Waals surface area contributed by atoms with E-state index in [-0.39, 0.29) is 36.4 Å². The molecule has 2 amide bonds. The van der Waals surface area contributed by atoms with Crippen molar-refractivity contribution in [3.8, 4) is 11.1 Å². The monoisotopic (exact) mass is 560 g/mol. The van der Waals surface area contributed by atoms with Crippen molar-refractivity contribution in [3.05, 3.63) is 82.8 Å². The van der Waals surface area contributed by atoms with E-state index in [2.05, 4.69) is 24.3 Å². The third-order valence-corrected chi connectivity index (χ3v) is 7.84. The number of aromatic carboxylic acids is 1. The quantitative estimate of drug-likeness (QED) is 0.370. The molecule has 5 rings (SSSR count). The van der Waals surface area contributed by atoms with Gasteiger partial charge in [-0.1, -0.05) is 48.5 Å². The number of likely N-dealkylation sites (tertiary alicyclic amines) is 1. The summed E-state index contributed by atoms with van der Waals surface area (Å²) in [7, 11) is 0. The minimum absolute atomic E-state index is 0.00194. The highest BCUT2D eigenvalue weighted by Crippen LogP contribution is 2.44. The standard InChI is InChI=1S/C32H36N2O7/c1-19-28(14-15-33(19)31(38)41-32(3,4)5)34(17-21-16-26(29(35)36)20(2)40-21)30(37)39-18-27-24-12-8-6-10-22(24)23-11-7-9-13-25(23)27/h6-13,16,19,27-28H,14-15,17-18H2,1-5H3,(H,35,36)/t19-,28+/m1/s1. The van der Waals surface area contributed by atoms with E-state index in [1.54, 1.807) is 16.7 Å². The molecule has 0 saturated carbocycles. The average Bonchev–Trinajstić information content (AvgIpc) is 3.58. The molecule has 9 nitrogen and oxygen atoms in total. The first-order valence-corrected chi connectivity index (χ1v) is 13.9. The number of carbonyl (C=O) groups excluding carboxylic acids is 2. The number of hydrogen-bond donors (Lipinski definition) is 1. The molecule has 2 atom stereocenters. The van der Waals surface area contributed by atoms with Gasteiger partial charge in [0.2, 0.25) is 0 Å². The zero-order valence-electron chi connectivity index (χ0n) is 24.0. The molecule has 1 fully saturated rings. The van der Waals surface area contributed by atoms with E-state index in [1.165, 1.54) is 6.07 Å². The van der Waals surface area contributed by atoms with Crippen LogP contribution in [0.2, 0.25) is 0 Å². The first kappa shape index (κ1) is 28.3. The van der Waals surface area contributed by atoms with E-state index in [0.29, 0.717) is 18.7 Å². The first-order valence-electron chi connectivity index (χ1n) is 13.9. The number of carbonyl (C=O) groups is 3. The van der Waals surface area contributed by atoms with Crippen LogP contribution in [0.25, 0.3) is 11.1 Å². The summed E-state index contributed by atoms with van der Waals surface area (Å²) in [6.07, 6.45) is -0.488. The van der Waals surface area contributed by atoms with Gasteiger partial charge in [-0.05, 0) is 69.4 Å². The van der Waals surface area contributed by atoms with E-state index in [1.807, 2.05) is 52.0 Å². The lowest BCUT2D eigenvalue weighted by Crippen LogP contribution is -2.48. The number of ether oxygens (including phenoxy) is 2. The van der Waals surface area contributed by atoms with Crippen molar-refractivity contribution < 1.29 is 33.4 Å². The lowest BCUT2D eigenvalue weighted by Gasteiger charge is -2.33. The maximum absolute atomic E-state index is 13.8. The molecule has 0 spiro atoms. The Bertz CT molecular complexity index is 1430. The minimum atomic E-state index is -1.10. The highest BCUT2D eigenvalue weighted by Gasteiger charge is 2.42. The Morgan fingerprint density at radius 3 is 2.22 bits per heavy atom. The third-order valence-electron chi connectivity index (χ3n) is 7.84. The molecule has 41 heavy (non-hydrogen) atoms. The number of furan rings is 1. The Balaban J connectivity index is 1.39.